The van der Waals surface area contributed by atoms with Gasteiger partial charge in [0.05, 0.1) is 0 Å². The predicted octanol–water partition coefficient (Wildman–Crippen LogP) is 2.85. The van der Waals surface area contributed by atoms with E-state index in [1.165, 1.54) is 12.1 Å². The second-order valence-corrected chi connectivity index (χ2v) is 7.55. The number of nitrogens with one attached hydrogen (secondary N) is 2. The fourth-order valence-electron chi connectivity index (χ4n) is 3.44. The quantitative estimate of drug-likeness (QED) is 0.427. The van der Waals surface area contributed by atoms with E-state index >= 15 is 0 Å². The normalized spacial score (nSPS) is 12.2. The molecule has 0 fully saturated rings. The lowest BCUT2D eigenvalue weighted by Crippen LogP contribution is -2.23. The van der Waals surface area contributed by atoms with Crippen LogP contribution in [0.25, 0.3) is 5.65 Å². The lowest BCUT2D eigenvalue weighted by Gasteiger charge is -2.07. The summed E-state index contributed by atoms with van der Waals surface area (Å²) in [6.45, 7) is 1.11. The molecule has 2 aromatic heterocycles. The number of anilines is 1. The molecule has 0 saturated heterocycles. The minimum absolute atomic E-state index is 0.102. The highest BCUT2D eigenvalue weighted by atomic mass is 19.1. The summed E-state index contributed by atoms with van der Waals surface area (Å²) in [4.78, 5) is 12.3. The van der Waals surface area contributed by atoms with Crippen molar-refractivity contribution in [3.05, 3.63) is 77.4 Å². The molecule has 9 nitrogen and oxygen atoms in total. The maximum absolute atomic E-state index is 13.1. The molecular weight excluding hydrogens is 427 g/mol. The lowest BCUT2D eigenvalue weighted by atomic mass is 10.2. The summed E-state index contributed by atoms with van der Waals surface area (Å²) in [7, 11) is 0. The standard InChI is InChI=1S/C23H21FN6O3/c24-17-4-1-15(2-5-17)12-25-20-7-8-21-27-28-22(30(21)29-20)9-10-23(31)26-13-16-3-6-18-19(11-16)33-14-32-18/h1-8,11H,9-10,12-14H2,(H,25,29)(H,26,31). The SMILES string of the molecule is O=C(CCc1nnc2ccc(NCc3ccc(F)cc3)nn12)NCc1ccc2c(c1)OCO2. The van der Waals surface area contributed by atoms with Gasteiger partial charge >= 0.3 is 0 Å². The van der Waals surface area contributed by atoms with Crippen LogP contribution >= 0.6 is 0 Å². The molecular formula is C23H21FN6O3. The van der Waals surface area contributed by atoms with E-state index in [9.17, 15) is 9.18 Å². The van der Waals surface area contributed by atoms with Crippen LogP contribution in [0.2, 0.25) is 0 Å². The zero-order valence-corrected chi connectivity index (χ0v) is 17.6. The first kappa shape index (κ1) is 20.7. The third kappa shape index (κ3) is 4.84. The Bertz CT molecular complexity index is 1290. The van der Waals surface area contributed by atoms with Crippen LogP contribution in [-0.4, -0.2) is 32.5 Å². The van der Waals surface area contributed by atoms with E-state index in [-0.39, 0.29) is 24.9 Å². The first-order valence-electron chi connectivity index (χ1n) is 10.5. The molecule has 0 saturated carbocycles. The first-order valence-corrected chi connectivity index (χ1v) is 10.5. The van der Waals surface area contributed by atoms with E-state index in [4.69, 9.17) is 9.47 Å². The number of fused-ring (bicyclic) bond motifs is 2. The summed E-state index contributed by atoms with van der Waals surface area (Å²) in [5, 5.41) is 18.9. The van der Waals surface area contributed by atoms with Gasteiger partial charge in [0, 0.05) is 25.9 Å². The van der Waals surface area contributed by atoms with E-state index in [0.717, 1.165) is 11.1 Å². The number of nitrogens with zero attached hydrogens (tertiary/aromatic N) is 4. The highest BCUT2D eigenvalue weighted by Crippen LogP contribution is 2.32. The average Bonchev–Trinajstić information content (AvgIpc) is 3.47. The minimum Gasteiger partial charge on any atom is -0.454 e. The molecule has 0 radical (unpaired) electrons. The molecule has 2 aromatic carbocycles. The number of hydrogen-bond acceptors (Lipinski definition) is 7. The molecule has 3 heterocycles. The number of hydrogen-bond donors (Lipinski definition) is 2. The number of carbonyl (C=O) groups excluding carboxylic acids is 1. The molecule has 1 aliphatic rings. The first-order chi connectivity index (χ1) is 16.1. The van der Waals surface area contributed by atoms with Crippen molar-refractivity contribution >= 4 is 17.4 Å². The van der Waals surface area contributed by atoms with Crippen molar-refractivity contribution in [3.8, 4) is 11.5 Å². The van der Waals surface area contributed by atoms with Crippen molar-refractivity contribution in [3.63, 3.8) is 0 Å². The summed E-state index contributed by atoms with van der Waals surface area (Å²) >= 11 is 0. The summed E-state index contributed by atoms with van der Waals surface area (Å²) in [6.07, 6.45) is 0.642. The third-order valence-electron chi connectivity index (χ3n) is 5.22. The summed E-state index contributed by atoms with van der Waals surface area (Å²) < 4.78 is 25.3. The largest absolute Gasteiger partial charge is 0.454 e. The molecule has 168 valence electrons. The van der Waals surface area contributed by atoms with Crippen molar-refractivity contribution in [1.29, 1.82) is 0 Å². The van der Waals surface area contributed by atoms with Crippen LogP contribution in [-0.2, 0) is 24.3 Å². The van der Waals surface area contributed by atoms with Gasteiger partial charge in [0.25, 0.3) is 0 Å². The van der Waals surface area contributed by atoms with Crippen molar-refractivity contribution in [2.45, 2.75) is 25.9 Å². The summed E-state index contributed by atoms with van der Waals surface area (Å²) in [6, 6.07) is 15.5. The molecule has 4 aromatic rings. The van der Waals surface area contributed by atoms with Crippen LogP contribution in [0.3, 0.4) is 0 Å². The Labute approximate surface area is 188 Å². The van der Waals surface area contributed by atoms with Crippen LogP contribution in [0.15, 0.2) is 54.6 Å². The Morgan fingerprint density at radius 1 is 0.970 bits per heavy atom. The van der Waals surface area contributed by atoms with E-state index in [1.54, 1.807) is 28.8 Å². The number of rotatable bonds is 8. The lowest BCUT2D eigenvalue weighted by molar-refractivity contribution is -0.121. The highest BCUT2D eigenvalue weighted by Gasteiger charge is 2.14. The molecule has 0 bridgehead atoms. The van der Waals surface area contributed by atoms with Gasteiger partial charge in [-0.2, -0.15) is 4.52 Å². The van der Waals surface area contributed by atoms with Crippen molar-refractivity contribution in [1.82, 2.24) is 25.1 Å². The predicted molar refractivity (Wildman–Crippen MR) is 117 cm³/mol. The van der Waals surface area contributed by atoms with Gasteiger partial charge < -0.3 is 20.1 Å². The molecule has 0 aliphatic carbocycles. The molecule has 5 rings (SSSR count). The number of benzene rings is 2. The van der Waals surface area contributed by atoms with E-state index in [0.29, 0.717) is 48.3 Å². The molecule has 0 atom stereocenters. The van der Waals surface area contributed by atoms with Gasteiger partial charge in [-0.05, 0) is 47.5 Å². The molecule has 1 amide bonds. The van der Waals surface area contributed by atoms with Gasteiger partial charge in [0.2, 0.25) is 12.7 Å². The highest BCUT2D eigenvalue weighted by molar-refractivity contribution is 5.76. The summed E-state index contributed by atoms with van der Waals surface area (Å²) in [5.74, 6) is 2.24. The maximum atomic E-state index is 13.1. The van der Waals surface area contributed by atoms with Gasteiger partial charge in [0.1, 0.15) is 11.6 Å². The second kappa shape index (κ2) is 9.11. The average molecular weight is 448 g/mol. The van der Waals surface area contributed by atoms with Crippen LogP contribution in [0.1, 0.15) is 23.4 Å². The zero-order valence-electron chi connectivity index (χ0n) is 17.6. The van der Waals surface area contributed by atoms with Crippen LogP contribution in [0.5, 0.6) is 11.5 Å². The Kier molecular flexibility index (Phi) is 5.71. The fraction of sp³-hybridized carbons (Fsp3) is 0.217. The minimum atomic E-state index is -0.271. The number of carbonyl (C=O) groups is 1. The molecule has 0 unspecified atom stereocenters. The number of aryl methyl sites for hydroxylation is 1. The van der Waals surface area contributed by atoms with Gasteiger partial charge in [-0.15, -0.1) is 15.3 Å². The molecule has 1 aliphatic heterocycles. The molecule has 10 heteroatoms. The molecule has 33 heavy (non-hydrogen) atoms. The monoisotopic (exact) mass is 448 g/mol. The van der Waals surface area contributed by atoms with E-state index in [2.05, 4.69) is 25.9 Å². The van der Waals surface area contributed by atoms with Gasteiger partial charge in [-0.25, -0.2) is 4.39 Å². The number of aromatic nitrogens is 4. The topological polar surface area (TPSA) is 103 Å². The second-order valence-electron chi connectivity index (χ2n) is 7.55. The van der Waals surface area contributed by atoms with Crippen LogP contribution in [0, 0.1) is 5.82 Å². The Hall–Kier alpha value is -4.21. The van der Waals surface area contributed by atoms with Crippen molar-refractivity contribution < 1.29 is 18.7 Å². The Morgan fingerprint density at radius 2 is 1.79 bits per heavy atom. The van der Waals surface area contributed by atoms with E-state index < -0.39 is 0 Å². The zero-order chi connectivity index (χ0) is 22.6. The number of amides is 1. The Morgan fingerprint density at radius 3 is 2.67 bits per heavy atom. The summed E-state index contributed by atoms with van der Waals surface area (Å²) in [5.41, 5.74) is 2.46. The number of ether oxygens (including phenoxy) is 2. The van der Waals surface area contributed by atoms with Gasteiger partial charge in [0.15, 0.2) is 23.0 Å². The smallest absolute Gasteiger partial charge is 0.231 e. The third-order valence-corrected chi connectivity index (χ3v) is 5.22. The fourth-order valence-corrected chi connectivity index (χ4v) is 3.44. The van der Waals surface area contributed by atoms with Gasteiger partial charge in [-0.3, -0.25) is 4.79 Å². The van der Waals surface area contributed by atoms with Crippen LogP contribution < -0.4 is 20.1 Å². The van der Waals surface area contributed by atoms with Crippen LogP contribution in [0.4, 0.5) is 10.2 Å². The maximum Gasteiger partial charge on any atom is 0.231 e. The Balaban J connectivity index is 1.16. The van der Waals surface area contributed by atoms with Crippen molar-refractivity contribution in [2.24, 2.45) is 0 Å². The molecule has 0 spiro atoms. The van der Waals surface area contributed by atoms with E-state index in [1.807, 2.05) is 18.2 Å². The number of halogens is 1. The van der Waals surface area contributed by atoms with Gasteiger partial charge in [-0.1, -0.05) is 18.2 Å². The molecule has 2 N–H and O–H groups in total. The van der Waals surface area contributed by atoms with Crippen molar-refractivity contribution in [2.75, 3.05) is 12.1 Å².